The molecule has 1 aliphatic rings. The monoisotopic (exact) mass is 255 g/mol. The Bertz CT molecular complexity index is 378. The van der Waals surface area contributed by atoms with Gasteiger partial charge in [-0.05, 0) is 17.7 Å². The summed E-state index contributed by atoms with van der Waals surface area (Å²) in [6.07, 6.45) is 0.543. The second kappa shape index (κ2) is 3.71. The number of fused-ring (bicyclic) bond motifs is 1. The van der Waals surface area contributed by atoms with Gasteiger partial charge in [-0.3, -0.25) is 0 Å². The summed E-state index contributed by atoms with van der Waals surface area (Å²) in [6, 6.07) is 5.64. The Morgan fingerprint density at radius 1 is 1.57 bits per heavy atom. The number of cyclic esters (lactones) is 1. The quantitative estimate of drug-likeness (QED) is 0.774. The minimum absolute atomic E-state index is 0.170. The lowest BCUT2D eigenvalue weighted by Crippen LogP contribution is -2.33. The molecule has 1 aromatic carbocycles. The molecule has 0 spiro atoms. The highest BCUT2D eigenvalue weighted by Gasteiger charge is 2.25. The topological polar surface area (TPSA) is 52.3 Å². The lowest BCUT2D eigenvalue weighted by molar-refractivity contribution is 0.0278. The number of hydrogen-bond donors (Lipinski definition) is 1. The van der Waals surface area contributed by atoms with Crippen molar-refractivity contribution in [3.8, 4) is 0 Å². The van der Waals surface area contributed by atoms with Gasteiger partial charge in [-0.2, -0.15) is 0 Å². The predicted octanol–water partition coefficient (Wildman–Crippen LogP) is 1.49. The first-order valence-electron chi connectivity index (χ1n) is 4.40. The third-order valence-electron chi connectivity index (χ3n) is 2.28. The van der Waals surface area contributed by atoms with Gasteiger partial charge in [-0.1, -0.05) is 22.0 Å². The van der Waals surface area contributed by atoms with Crippen LogP contribution in [0.15, 0.2) is 22.7 Å². The summed E-state index contributed by atoms with van der Waals surface area (Å²) in [5, 5.41) is 0. The molecule has 2 rings (SSSR count). The van der Waals surface area contributed by atoms with E-state index < -0.39 is 0 Å². The molecule has 1 atom stereocenters. The van der Waals surface area contributed by atoms with Gasteiger partial charge < -0.3 is 10.5 Å². The fraction of sp³-hybridized carbons (Fsp3) is 0.300. The van der Waals surface area contributed by atoms with Crippen LogP contribution in [0.2, 0.25) is 0 Å². The fourth-order valence-corrected chi connectivity index (χ4v) is 1.91. The molecule has 0 amide bonds. The minimum atomic E-state index is -0.275. The van der Waals surface area contributed by atoms with E-state index in [9.17, 15) is 4.79 Å². The summed E-state index contributed by atoms with van der Waals surface area (Å²) < 4.78 is 6.02. The number of hydrogen-bond acceptors (Lipinski definition) is 3. The van der Waals surface area contributed by atoms with Crippen LogP contribution in [0.3, 0.4) is 0 Å². The Hall–Kier alpha value is -0.870. The maximum atomic E-state index is 11.5. The molecule has 0 aliphatic carbocycles. The van der Waals surface area contributed by atoms with Crippen molar-refractivity contribution in [1.82, 2.24) is 0 Å². The first-order chi connectivity index (χ1) is 6.70. The van der Waals surface area contributed by atoms with Crippen LogP contribution in [0.25, 0.3) is 0 Å². The third-order valence-corrected chi connectivity index (χ3v) is 2.77. The Balaban J connectivity index is 2.40. The first-order valence-corrected chi connectivity index (χ1v) is 5.19. The number of nitrogens with two attached hydrogens (primary N) is 1. The van der Waals surface area contributed by atoms with E-state index in [4.69, 9.17) is 10.5 Å². The Morgan fingerprint density at radius 2 is 2.36 bits per heavy atom. The van der Waals surface area contributed by atoms with E-state index in [-0.39, 0.29) is 12.1 Å². The van der Waals surface area contributed by atoms with Gasteiger partial charge >= 0.3 is 5.97 Å². The van der Waals surface area contributed by atoms with Gasteiger partial charge in [0.05, 0.1) is 5.56 Å². The molecule has 0 bridgehead atoms. The number of rotatable bonds is 1. The molecule has 14 heavy (non-hydrogen) atoms. The van der Waals surface area contributed by atoms with E-state index in [0.717, 1.165) is 10.0 Å². The molecular formula is C10H10BrNO2. The fourth-order valence-electron chi connectivity index (χ4n) is 1.55. The molecule has 0 saturated heterocycles. The van der Waals surface area contributed by atoms with Gasteiger partial charge in [0.2, 0.25) is 0 Å². The molecule has 3 nitrogen and oxygen atoms in total. The molecule has 74 valence electrons. The minimum Gasteiger partial charge on any atom is -0.457 e. The lowest BCUT2D eigenvalue weighted by atomic mass is 9.99. The summed E-state index contributed by atoms with van der Waals surface area (Å²) in [7, 11) is 0. The highest BCUT2D eigenvalue weighted by molar-refractivity contribution is 9.10. The molecule has 2 N–H and O–H groups in total. The normalized spacial score (nSPS) is 20.1. The largest absolute Gasteiger partial charge is 0.457 e. The number of ether oxygens (including phenoxy) is 1. The van der Waals surface area contributed by atoms with Crippen molar-refractivity contribution in [3.05, 3.63) is 33.8 Å². The standard InChI is InChI=1S/C10H10BrNO2/c11-7-2-1-6-3-8(5-12)14-10(13)9(6)4-7/h1-2,4,8H,3,5,12H2. The smallest absolute Gasteiger partial charge is 0.338 e. The van der Waals surface area contributed by atoms with Crippen LogP contribution in [0, 0.1) is 0 Å². The van der Waals surface area contributed by atoms with Gasteiger partial charge in [0.15, 0.2) is 0 Å². The van der Waals surface area contributed by atoms with Gasteiger partial charge in [-0.25, -0.2) is 4.79 Å². The molecule has 4 heteroatoms. The van der Waals surface area contributed by atoms with Crippen molar-refractivity contribution in [2.75, 3.05) is 6.54 Å². The van der Waals surface area contributed by atoms with Crippen molar-refractivity contribution < 1.29 is 9.53 Å². The van der Waals surface area contributed by atoms with Crippen molar-refractivity contribution in [1.29, 1.82) is 0 Å². The average molecular weight is 256 g/mol. The molecule has 0 radical (unpaired) electrons. The third kappa shape index (κ3) is 1.67. The Labute approximate surface area is 90.4 Å². The second-order valence-electron chi connectivity index (χ2n) is 3.27. The van der Waals surface area contributed by atoms with E-state index in [1.165, 1.54) is 0 Å². The zero-order valence-electron chi connectivity index (χ0n) is 7.50. The van der Waals surface area contributed by atoms with Crippen LogP contribution in [0.5, 0.6) is 0 Å². The SMILES string of the molecule is NCC1Cc2ccc(Br)cc2C(=O)O1. The van der Waals surface area contributed by atoms with E-state index in [0.29, 0.717) is 18.5 Å². The average Bonchev–Trinajstić information content (AvgIpc) is 2.19. The summed E-state index contributed by atoms with van der Waals surface area (Å²) >= 11 is 3.32. The number of benzene rings is 1. The van der Waals surface area contributed by atoms with Crippen molar-refractivity contribution in [3.63, 3.8) is 0 Å². The van der Waals surface area contributed by atoms with E-state index in [1.807, 2.05) is 12.1 Å². The first kappa shape index (κ1) is 9.68. The van der Waals surface area contributed by atoms with Gasteiger partial charge in [0.25, 0.3) is 0 Å². The van der Waals surface area contributed by atoms with Gasteiger partial charge in [0.1, 0.15) is 6.10 Å². The molecular weight excluding hydrogens is 246 g/mol. The van der Waals surface area contributed by atoms with Crippen LogP contribution in [0.4, 0.5) is 0 Å². The number of carbonyl (C=O) groups is 1. The van der Waals surface area contributed by atoms with Crippen LogP contribution in [0.1, 0.15) is 15.9 Å². The van der Waals surface area contributed by atoms with E-state index >= 15 is 0 Å². The van der Waals surface area contributed by atoms with Crippen molar-refractivity contribution >= 4 is 21.9 Å². The highest BCUT2D eigenvalue weighted by Crippen LogP contribution is 2.23. The van der Waals surface area contributed by atoms with E-state index in [2.05, 4.69) is 15.9 Å². The summed E-state index contributed by atoms with van der Waals surface area (Å²) in [5.41, 5.74) is 7.12. The molecule has 1 unspecified atom stereocenters. The molecule has 0 fully saturated rings. The zero-order valence-corrected chi connectivity index (χ0v) is 9.08. The predicted molar refractivity (Wildman–Crippen MR) is 56.1 cm³/mol. The van der Waals surface area contributed by atoms with Gasteiger partial charge in [-0.15, -0.1) is 0 Å². The van der Waals surface area contributed by atoms with Crippen LogP contribution < -0.4 is 5.73 Å². The Morgan fingerprint density at radius 3 is 3.07 bits per heavy atom. The molecule has 1 aliphatic heterocycles. The Kier molecular flexibility index (Phi) is 2.56. The summed E-state index contributed by atoms with van der Waals surface area (Å²) in [4.78, 5) is 11.5. The van der Waals surface area contributed by atoms with Gasteiger partial charge in [0, 0.05) is 17.4 Å². The van der Waals surface area contributed by atoms with Crippen LogP contribution in [-0.4, -0.2) is 18.6 Å². The number of esters is 1. The number of halogens is 1. The maximum absolute atomic E-state index is 11.5. The lowest BCUT2D eigenvalue weighted by Gasteiger charge is -2.23. The highest BCUT2D eigenvalue weighted by atomic mass is 79.9. The van der Waals surface area contributed by atoms with Crippen LogP contribution >= 0.6 is 15.9 Å². The van der Waals surface area contributed by atoms with Crippen molar-refractivity contribution in [2.24, 2.45) is 5.73 Å². The van der Waals surface area contributed by atoms with E-state index in [1.54, 1.807) is 6.07 Å². The second-order valence-corrected chi connectivity index (χ2v) is 4.18. The molecule has 1 aromatic rings. The molecule has 0 aromatic heterocycles. The zero-order chi connectivity index (χ0) is 10.1. The molecule has 1 heterocycles. The maximum Gasteiger partial charge on any atom is 0.338 e. The van der Waals surface area contributed by atoms with Crippen molar-refractivity contribution in [2.45, 2.75) is 12.5 Å². The number of carbonyl (C=O) groups excluding carboxylic acids is 1. The summed E-state index contributed by atoms with van der Waals surface area (Å²) in [6.45, 7) is 0.376. The summed E-state index contributed by atoms with van der Waals surface area (Å²) in [5.74, 6) is -0.275. The van der Waals surface area contributed by atoms with Crippen LogP contribution in [-0.2, 0) is 11.2 Å². The molecule has 0 saturated carbocycles.